The van der Waals surface area contributed by atoms with Crippen LogP contribution in [0.2, 0.25) is 0 Å². The normalized spacial score (nSPS) is 16.1. The lowest BCUT2D eigenvalue weighted by molar-refractivity contribution is 0.0240. The Kier molecular flexibility index (Phi) is 9.12. The van der Waals surface area contributed by atoms with Crippen LogP contribution in [0.5, 0.6) is 0 Å². The second kappa shape index (κ2) is 12.8. The molecule has 3 aromatic heterocycles. The molecule has 4 heterocycles. The number of fused-ring (bicyclic) bond motifs is 1. The molecule has 1 N–H and O–H groups in total. The second-order valence-corrected chi connectivity index (χ2v) is 13.2. The maximum atomic E-state index is 13.9. The van der Waals surface area contributed by atoms with Crippen molar-refractivity contribution in [1.82, 2.24) is 24.4 Å². The highest BCUT2D eigenvalue weighted by Crippen LogP contribution is 2.33. The summed E-state index contributed by atoms with van der Waals surface area (Å²) in [5.74, 6) is 1.68. The molecule has 1 aliphatic heterocycles. The molecule has 2 aliphatic rings. The molecule has 2 fully saturated rings. The molecular formula is C33H45N7O4. The molecule has 44 heavy (non-hydrogen) atoms. The molecule has 0 atom stereocenters. The van der Waals surface area contributed by atoms with Crippen molar-refractivity contribution in [3.05, 3.63) is 52.6 Å². The van der Waals surface area contributed by atoms with Crippen molar-refractivity contribution in [1.29, 1.82) is 0 Å². The summed E-state index contributed by atoms with van der Waals surface area (Å²) in [6.07, 6.45) is 7.31. The molecule has 1 saturated heterocycles. The summed E-state index contributed by atoms with van der Waals surface area (Å²) < 4.78 is 13.2. The van der Waals surface area contributed by atoms with Crippen LogP contribution in [-0.4, -0.2) is 68.9 Å². The summed E-state index contributed by atoms with van der Waals surface area (Å²) >= 11 is 0. The zero-order valence-corrected chi connectivity index (χ0v) is 26.9. The van der Waals surface area contributed by atoms with Gasteiger partial charge in [-0.1, -0.05) is 33.3 Å². The second-order valence-electron chi connectivity index (χ2n) is 13.2. The van der Waals surface area contributed by atoms with Gasteiger partial charge in [0.2, 0.25) is 5.95 Å². The van der Waals surface area contributed by atoms with E-state index in [2.05, 4.69) is 40.6 Å². The molecule has 0 radical (unpaired) electrons. The first-order valence-corrected chi connectivity index (χ1v) is 15.6. The number of piperazine rings is 1. The molecule has 5 rings (SSSR count). The van der Waals surface area contributed by atoms with E-state index in [-0.39, 0.29) is 17.7 Å². The van der Waals surface area contributed by atoms with Gasteiger partial charge < -0.3 is 24.6 Å². The van der Waals surface area contributed by atoms with Crippen LogP contribution in [0.15, 0.2) is 35.9 Å². The molecule has 1 aliphatic carbocycles. The van der Waals surface area contributed by atoms with Gasteiger partial charge in [-0.2, -0.15) is 4.98 Å². The lowest BCUT2D eigenvalue weighted by atomic mass is 10.0. The smallest absolute Gasteiger partial charge is 0.410 e. The summed E-state index contributed by atoms with van der Waals surface area (Å²) in [7, 11) is 0. The highest BCUT2D eigenvalue weighted by molar-refractivity contribution is 5.84. The zero-order chi connectivity index (χ0) is 31.6. The van der Waals surface area contributed by atoms with Crippen molar-refractivity contribution < 1.29 is 14.3 Å². The van der Waals surface area contributed by atoms with Crippen LogP contribution < -0.4 is 15.8 Å². The number of nitrogens with one attached hydrogen (secondary N) is 1. The van der Waals surface area contributed by atoms with Crippen molar-refractivity contribution in [3.63, 3.8) is 0 Å². The number of amides is 1. The molecule has 3 aromatic rings. The van der Waals surface area contributed by atoms with Gasteiger partial charge in [0.25, 0.3) is 5.56 Å². The molecule has 0 bridgehead atoms. The maximum Gasteiger partial charge on any atom is 0.410 e. The zero-order valence-electron chi connectivity index (χ0n) is 26.9. The van der Waals surface area contributed by atoms with Crippen molar-refractivity contribution in [2.45, 2.75) is 78.9 Å². The van der Waals surface area contributed by atoms with Crippen molar-refractivity contribution in [3.8, 4) is 0 Å². The quantitative estimate of drug-likeness (QED) is 0.307. The van der Waals surface area contributed by atoms with E-state index in [0.717, 1.165) is 42.3 Å². The number of hydrogen-bond donors (Lipinski definition) is 1. The number of aryl methyl sites for hydroxylation is 1. The number of nitrogens with zero attached hydrogens (tertiary/aromatic N) is 6. The van der Waals surface area contributed by atoms with E-state index in [1.54, 1.807) is 17.3 Å². The average molecular weight is 604 g/mol. The largest absolute Gasteiger partial charge is 0.493 e. The summed E-state index contributed by atoms with van der Waals surface area (Å²) in [5.41, 5.74) is 2.22. The molecule has 0 aromatic carbocycles. The topological polar surface area (TPSA) is 115 Å². The molecular weight excluding hydrogens is 558 g/mol. The van der Waals surface area contributed by atoms with Gasteiger partial charge in [-0.25, -0.2) is 14.8 Å². The number of anilines is 3. The first-order valence-electron chi connectivity index (χ1n) is 15.6. The predicted octanol–water partition coefficient (Wildman–Crippen LogP) is 6.05. The SMILES string of the molecule is C=C(OCC(C)C)c1c(C)c2cnc(Nc3ccc(N4CCN(C(=O)OC(C)(C)C)CC4)cn3)nc2n(C2CCCC2)c1=O. The molecule has 1 amide bonds. The van der Waals surface area contributed by atoms with Crippen molar-refractivity contribution >= 4 is 40.3 Å². The summed E-state index contributed by atoms with van der Waals surface area (Å²) in [6, 6.07) is 3.95. The minimum Gasteiger partial charge on any atom is -0.493 e. The third kappa shape index (κ3) is 6.97. The van der Waals surface area contributed by atoms with Crippen LogP contribution >= 0.6 is 0 Å². The van der Waals surface area contributed by atoms with Crippen LogP contribution in [-0.2, 0) is 9.47 Å². The third-order valence-electron chi connectivity index (χ3n) is 8.05. The molecule has 236 valence electrons. The van der Waals surface area contributed by atoms with Gasteiger partial charge in [0, 0.05) is 43.8 Å². The summed E-state index contributed by atoms with van der Waals surface area (Å²) in [4.78, 5) is 44.3. The minimum atomic E-state index is -0.511. The standard InChI is InChI=1S/C33H45N7O4/c1-21(2)20-43-23(4)28-22(3)26-19-35-31(37-29(26)40(30(28)41)24-10-8-9-11-24)36-27-13-12-25(18-34-27)38-14-16-39(17-15-38)32(42)44-33(5,6)7/h12-13,18-19,21,24H,4,8-11,14-17,20H2,1-3,5-7H3,(H,34,35,36,37). The van der Waals surface area contributed by atoms with E-state index in [1.807, 2.05) is 44.4 Å². The van der Waals surface area contributed by atoms with E-state index in [4.69, 9.17) is 14.5 Å². The Hall–Kier alpha value is -4.15. The number of aromatic nitrogens is 4. The van der Waals surface area contributed by atoms with Crippen molar-refractivity contribution in [2.24, 2.45) is 5.92 Å². The highest BCUT2D eigenvalue weighted by Gasteiger charge is 2.27. The summed E-state index contributed by atoms with van der Waals surface area (Å²) in [6.45, 7) is 18.8. The Bertz CT molecular complexity index is 1560. The third-order valence-corrected chi connectivity index (χ3v) is 8.05. The fourth-order valence-electron chi connectivity index (χ4n) is 5.80. The first-order chi connectivity index (χ1) is 20.9. The number of pyridine rings is 2. The van der Waals surface area contributed by atoms with Gasteiger partial charge in [0.15, 0.2) is 0 Å². The van der Waals surface area contributed by atoms with Gasteiger partial charge in [0.05, 0.1) is 24.1 Å². The van der Waals surface area contributed by atoms with Gasteiger partial charge in [-0.05, 0) is 64.2 Å². The van der Waals surface area contributed by atoms with Gasteiger partial charge >= 0.3 is 6.09 Å². The van der Waals surface area contributed by atoms with Crippen LogP contribution in [0.4, 0.5) is 22.2 Å². The van der Waals surface area contributed by atoms with E-state index in [1.165, 1.54) is 0 Å². The summed E-state index contributed by atoms with van der Waals surface area (Å²) in [5, 5.41) is 4.02. The average Bonchev–Trinajstić information content (AvgIpc) is 3.50. The van der Waals surface area contributed by atoms with E-state index in [0.29, 0.717) is 67.4 Å². The minimum absolute atomic E-state index is 0.0678. The number of hydrogen-bond acceptors (Lipinski definition) is 9. The highest BCUT2D eigenvalue weighted by atomic mass is 16.6. The molecule has 0 unspecified atom stereocenters. The lowest BCUT2D eigenvalue weighted by Gasteiger charge is -2.36. The number of carbonyl (C=O) groups is 1. The maximum absolute atomic E-state index is 13.9. The predicted molar refractivity (Wildman–Crippen MR) is 173 cm³/mol. The Morgan fingerprint density at radius 2 is 1.80 bits per heavy atom. The van der Waals surface area contributed by atoms with Gasteiger partial charge in [-0.15, -0.1) is 0 Å². The fraction of sp³-hybridized carbons (Fsp3) is 0.545. The molecule has 11 nitrogen and oxygen atoms in total. The number of carbonyl (C=O) groups excluding carboxylic acids is 1. The van der Waals surface area contributed by atoms with E-state index < -0.39 is 5.60 Å². The molecule has 11 heteroatoms. The Labute approximate surface area is 259 Å². The first kappa shape index (κ1) is 31.3. The Morgan fingerprint density at radius 1 is 1.09 bits per heavy atom. The Morgan fingerprint density at radius 3 is 2.41 bits per heavy atom. The number of ether oxygens (including phenoxy) is 2. The van der Waals surface area contributed by atoms with E-state index in [9.17, 15) is 9.59 Å². The number of rotatable bonds is 8. The van der Waals surface area contributed by atoms with Crippen LogP contribution in [0.25, 0.3) is 16.8 Å². The van der Waals surface area contributed by atoms with Crippen LogP contribution in [0.1, 0.15) is 77.5 Å². The Balaban J connectivity index is 1.34. The fourth-order valence-corrected chi connectivity index (χ4v) is 5.80. The molecule has 1 saturated carbocycles. The monoisotopic (exact) mass is 603 g/mol. The van der Waals surface area contributed by atoms with Crippen LogP contribution in [0, 0.1) is 12.8 Å². The van der Waals surface area contributed by atoms with Crippen molar-refractivity contribution in [2.75, 3.05) is 43.0 Å². The molecule has 0 spiro atoms. The van der Waals surface area contributed by atoms with E-state index >= 15 is 0 Å². The lowest BCUT2D eigenvalue weighted by Crippen LogP contribution is -2.50. The van der Waals surface area contributed by atoms with Crippen LogP contribution in [0.3, 0.4) is 0 Å². The van der Waals surface area contributed by atoms with Gasteiger partial charge in [-0.3, -0.25) is 9.36 Å². The van der Waals surface area contributed by atoms with Gasteiger partial charge in [0.1, 0.15) is 22.8 Å².